The Bertz CT molecular complexity index is 429. The second-order valence-corrected chi connectivity index (χ2v) is 6.66. The van der Waals surface area contributed by atoms with E-state index in [9.17, 15) is 4.79 Å². The number of rotatable bonds is 3. The molecule has 0 spiro atoms. The topological polar surface area (TPSA) is 55.1 Å². The van der Waals surface area contributed by atoms with Crippen molar-refractivity contribution in [2.24, 2.45) is 23.5 Å². The number of amides is 1. The zero-order chi connectivity index (χ0) is 12.7. The molecule has 0 aliphatic heterocycles. The summed E-state index contributed by atoms with van der Waals surface area (Å²) < 4.78 is 0. The van der Waals surface area contributed by atoms with Crippen LogP contribution >= 0.6 is 11.3 Å². The molecule has 18 heavy (non-hydrogen) atoms. The second kappa shape index (κ2) is 4.67. The monoisotopic (exact) mass is 264 g/mol. The molecule has 5 atom stereocenters. The number of carbonyl (C=O) groups excluding carboxylic acids is 1. The minimum absolute atomic E-state index is 0.0474. The highest BCUT2D eigenvalue weighted by Crippen LogP contribution is 2.47. The van der Waals surface area contributed by atoms with Crippen LogP contribution in [0.15, 0.2) is 17.5 Å². The summed E-state index contributed by atoms with van der Waals surface area (Å²) in [5, 5.41) is 5.17. The van der Waals surface area contributed by atoms with E-state index in [1.54, 1.807) is 11.3 Å². The number of nitrogens with one attached hydrogen (secondary N) is 1. The molecule has 0 saturated heterocycles. The predicted molar refractivity (Wildman–Crippen MR) is 73.2 cm³/mol. The molecule has 3 rings (SSSR count). The van der Waals surface area contributed by atoms with Gasteiger partial charge in [0.2, 0.25) is 5.91 Å². The molecule has 4 heteroatoms. The van der Waals surface area contributed by atoms with E-state index in [1.165, 1.54) is 17.7 Å². The highest BCUT2D eigenvalue weighted by Gasteiger charge is 2.49. The lowest BCUT2D eigenvalue weighted by atomic mass is 9.84. The summed E-state index contributed by atoms with van der Waals surface area (Å²) in [7, 11) is 0. The maximum atomic E-state index is 12.4. The van der Waals surface area contributed by atoms with Gasteiger partial charge in [0.25, 0.3) is 0 Å². The van der Waals surface area contributed by atoms with Crippen LogP contribution in [0.1, 0.15) is 37.1 Å². The minimum atomic E-state index is 0.0474. The van der Waals surface area contributed by atoms with Gasteiger partial charge in [0.1, 0.15) is 0 Å². The van der Waals surface area contributed by atoms with Crippen LogP contribution < -0.4 is 11.1 Å². The van der Waals surface area contributed by atoms with E-state index in [0.717, 1.165) is 6.42 Å². The predicted octanol–water partition coefficient (Wildman–Crippen LogP) is 2.30. The molecule has 1 heterocycles. The molecule has 3 N–H and O–H groups in total. The molecule has 5 unspecified atom stereocenters. The molecule has 3 nitrogen and oxygen atoms in total. The van der Waals surface area contributed by atoms with Crippen molar-refractivity contribution >= 4 is 17.2 Å². The van der Waals surface area contributed by atoms with Crippen molar-refractivity contribution in [1.29, 1.82) is 0 Å². The molecule has 0 radical (unpaired) electrons. The average molecular weight is 264 g/mol. The smallest absolute Gasteiger partial charge is 0.225 e. The third-order valence-electron chi connectivity index (χ3n) is 4.61. The molecule has 2 bridgehead atoms. The summed E-state index contributed by atoms with van der Waals surface area (Å²) in [6.07, 6.45) is 3.56. The first kappa shape index (κ1) is 12.2. The van der Waals surface area contributed by atoms with Gasteiger partial charge in [-0.2, -0.15) is 0 Å². The Morgan fingerprint density at radius 1 is 1.50 bits per heavy atom. The summed E-state index contributed by atoms with van der Waals surface area (Å²) in [4.78, 5) is 13.6. The number of hydrogen-bond donors (Lipinski definition) is 2. The fraction of sp³-hybridized carbons (Fsp3) is 0.643. The Kier molecular flexibility index (Phi) is 3.16. The molecule has 2 saturated carbocycles. The van der Waals surface area contributed by atoms with Crippen molar-refractivity contribution in [3.63, 3.8) is 0 Å². The first-order valence-electron chi connectivity index (χ1n) is 6.76. The molecular formula is C14H20N2OS. The number of nitrogens with two attached hydrogens (primary N) is 1. The van der Waals surface area contributed by atoms with E-state index in [1.807, 2.05) is 18.4 Å². The van der Waals surface area contributed by atoms with Gasteiger partial charge in [-0.25, -0.2) is 0 Å². The lowest BCUT2D eigenvalue weighted by Gasteiger charge is -2.28. The van der Waals surface area contributed by atoms with Crippen molar-refractivity contribution < 1.29 is 4.79 Å². The second-order valence-electron chi connectivity index (χ2n) is 5.68. The zero-order valence-corrected chi connectivity index (χ0v) is 11.5. The van der Waals surface area contributed by atoms with Gasteiger partial charge in [0.15, 0.2) is 0 Å². The Morgan fingerprint density at radius 3 is 2.89 bits per heavy atom. The Morgan fingerprint density at radius 2 is 2.28 bits per heavy atom. The van der Waals surface area contributed by atoms with Crippen molar-refractivity contribution in [3.8, 4) is 0 Å². The summed E-state index contributed by atoms with van der Waals surface area (Å²) >= 11 is 1.69. The SMILES string of the molecule is CC(NC(=O)C1C2CCC(C2)C1N)c1cccs1. The van der Waals surface area contributed by atoms with Crippen molar-refractivity contribution in [2.45, 2.75) is 38.3 Å². The van der Waals surface area contributed by atoms with Crippen LogP contribution in [0.4, 0.5) is 0 Å². The van der Waals surface area contributed by atoms with Crippen molar-refractivity contribution in [1.82, 2.24) is 5.32 Å². The van der Waals surface area contributed by atoms with Crippen LogP contribution in [0.2, 0.25) is 0 Å². The highest BCUT2D eigenvalue weighted by molar-refractivity contribution is 7.10. The van der Waals surface area contributed by atoms with Crippen LogP contribution in [-0.2, 0) is 4.79 Å². The lowest BCUT2D eigenvalue weighted by Crippen LogP contribution is -2.45. The van der Waals surface area contributed by atoms with Gasteiger partial charge in [0.05, 0.1) is 12.0 Å². The molecule has 1 amide bonds. The molecule has 2 aliphatic rings. The van der Waals surface area contributed by atoms with Crippen LogP contribution in [0.3, 0.4) is 0 Å². The summed E-state index contributed by atoms with van der Waals surface area (Å²) in [6, 6.07) is 4.27. The standard InChI is InChI=1S/C14H20N2OS/c1-8(11-3-2-6-18-11)16-14(17)12-9-4-5-10(7-9)13(12)15/h2-3,6,8-10,12-13H,4-5,7,15H2,1H3,(H,16,17). The number of thiophene rings is 1. The zero-order valence-electron chi connectivity index (χ0n) is 10.6. The first-order valence-corrected chi connectivity index (χ1v) is 7.64. The van der Waals surface area contributed by atoms with Crippen LogP contribution in [-0.4, -0.2) is 11.9 Å². The molecule has 98 valence electrons. The van der Waals surface area contributed by atoms with Gasteiger partial charge in [-0.05, 0) is 49.5 Å². The minimum Gasteiger partial charge on any atom is -0.348 e. The van der Waals surface area contributed by atoms with E-state index in [4.69, 9.17) is 5.73 Å². The van der Waals surface area contributed by atoms with Gasteiger partial charge in [-0.15, -0.1) is 11.3 Å². The van der Waals surface area contributed by atoms with E-state index in [0.29, 0.717) is 11.8 Å². The van der Waals surface area contributed by atoms with Crippen LogP contribution in [0.25, 0.3) is 0 Å². The van der Waals surface area contributed by atoms with Crippen molar-refractivity contribution in [2.75, 3.05) is 0 Å². The highest BCUT2D eigenvalue weighted by atomic mass is 32.1. The number of fused-ring (bicyclic) bond motifs is 2. The number of hydrogen-bond acceptors (Lipinski definition) is 3. The van der Waals surface area contributed by atoms with E-state index < -0.39 is 0 Å². The van der Waals surface area contributed by atoms with E-state index >= 15 is 0 Å². The third-order valence-corrected chi connectivity index (χ3v) is 5.67. The summed E-state index contributed by atoms with van der Waals surface area (Å²) in [6.45, 7) is 2.04. The molecular weight excluding hydrogens is 244 g/mol. The van der Waals surface area contributed by atoms with Crippen LogP contribution in [0.5, 0.6) is 0 Å². The Balaban J connectivity index is 1.65. The fourth-order valence-corrected chi connectivity index (χ4v) is 4.38. The number of carbonyl (C=O) groups is 1. The van der Waals surface area contributed by atoms with Gasteiger partial charge < -0.3 is 11.1 Å². The van der Waals surface area contributed by atoms with Gasteiger partial charge in [-0.1, -0.05) is 6.07 Å². The van der Waals surface area contributed by atoms with E-state index in [2.05, 4.69) is 11.4 Å². The molecule has 0 aromatic carbocycles. The quantitative estimate of drug-likeness (QED) is 0.880. The lowest BCUT2D eigenvalue weighted by molar-refractivity contribution is -0.127. The van der Waals surface area contributed by atoms with Crippen molar-refractivity contribution in [3.05, 3.63) is 22.4 Å². The molecule has 2 fully saturated rings. The van der Waals surface area contributed by atoms with E-state index in [-0.39, 0.29) is 23.9 Å². The maximum Gasteiger partial charge on any atom is 0.225 e. The maximum absolute atomic E-state index is 12.4. The van der Waals surface area contributed by atoms with Gasteiger partial charge in [-0.3, -0.25) is 4.79 Å². The Hall–Kier alpha value is -0.870. The van der Waals surface area contributed by atoms with Gasteiger partial charge in [0, 0.05) is 10.9 Å². The first-order chi connectivity index (χ1) is 8.66. The summed E-state index contributed by atoms with van der Waals surface area (Å²) in [5.74, 6) is 1.32. The third kappa shape index (κ3) is 1.97. The fourth-order valence-electron chi connectivity index (χ4n) is 3.64. The Labute approximate surface area is 112 Å². The normalized spacial score (nSPS) is 35.7. The molecule has 2 aliphatic carbocycles. The largest absolute Gasteiger partial charge is 0.348 e. The van der Waals surface area contributed by atoms with Crippen LogP contribution in [0, 0.1) is 17.8 Å². The molecule has 1 aromatic heterocycles. The van der Waals surface area contributed by atoms with Gasteiger partial charge >= 0.3 is 0 Å². The summed E-state index contributed by atoms with van der Waals surface area (Å²) in [5.41, 5.74) is 6.20. The molecule has 1 aromatic rings. The average Bonchev–Trinajstić information content (AvgIpc) is 3.05.